The van der Waals surface area contributed by atoms with Crippen molar-refractivity contribution >= 4 is 10.0 Å². The molecule has 0 spiro atoms. The van der Waals surface area contributed by atoms with E-state index in [0.29, 0.717) is 23.9 Å². The molecule has 0 amide bonds. The van der Waals surface area contributed by atoms with Crippen LogP contribution in [0.2, 0.25) is 0 Å². The van der Waals surface area contributed by atoms with Crippen LogP contribution in [0.25, 0.3) is 0 Å². The number of hydrogen-bond acceptors (Lipinski definition) is 2. The molecule has 0 heterocycles. The van der Waals surface area contributed by atoms with Crippen molar-refractivity contribution in [1.29, 1.82) is 0 Å². The van der Waals surface area contributed by atoms with E-state index < -0.39 is 10.0 Å². The van der Waals surface area contributed by atoms with Gasteiger partial charge in [0.15, 0.2) is 0 Å². The lowest BCUT2D eigenvalue weighted by Gasteiger charge is -2.22. The van der Waals surface area contributed by atoms with Gasteiger partial charge in [-0.25, -0.2) is 8.42 Å². The molecule has 1 fully saturated rings. The molecule has 0 aliphatic heterocycles. The summed E-state index contributed by atoms with van der Waals surface area (Å²) in [6.45, 7) is 8.69. The van der Waals surface area contributed by atoms with Gasteiger partial charge in [0.1, 0.15) is 0 Å². The van der Waals surface area contributed by atoms with Gasteiger partial charge in [0.05, 0.1) is 4.90 Å². The maximum absolute atomic E-state index is 12.8. The molecule has 0 aromatic heterocycles. The molecular formula is C17H23NO2S. The van der Waals surface area contributed by atoms with Crippen molar-refractivity contribution in [2.45, 2.75) is 31.6 Å². The second-order valence-corrected chi connectivity index (χ2v) is 7.55. The molecule has 2 rings (SSSR count). The summed E-state index contributed by atoms with van der Waals surface area (Å²) < 4.78 is 27.1. The third kappa shape index (κ3) is 4.05. The number of hydrogen-bond donors (Lipinski definition) is 0. The van der Waals surface area contributed by atoms with Gasteiger partial charge in [-0.15, -0.1) is 0 Å². The van der Waals surface area contributed by atoms with Crippen molar-refractivity contribution in [2.24, 2.45) is 5.92 Å². The van der Waals surface area contributed by atoms with Crippen molar-refractivity contribution in [2.75, 3.05) is 13.1 Å². The highest BCUT2D eigenvalue weighted by Crippen LogP contribution is 2.36. The van der Waals surface area contributed by atoms with E-state index in [9.17, 15) is 8.42 Å². The number of nitrogens with zero attached hydrogens (tertiary/aromatic N) is 1. The zero-order chi connectivity index (χ0) is 15.5. The fraction of sp³-hybridized carbons (Fsp3) is 0.412. The summed E-state index contributed by atoms with van der Waals surface area (Å²) in [7, 11) is -3.47. The molecule has 1 aromatic carbocycles. The predicted molar refractivity (Wildman–Crippen MR) is 86.6 cm³/mol. The van der Waals surface area contributed by atoms with Gasteiger partial charge < -0.3 is 0 Å². The van der Waals surface area contributed by atoms with Gasteiger partial charge in [-0.1, -0.05) is 42.0 Å². The van der Waals surface area contributed by atoms with Crippen LogP contribution in [0.15, 0.2) is 53.5 Å². The maximum atomic E-state index is 12.8. The first-order valence-corrected chi connectivity index (χ1v) is 8.75. The molecule has 0 unspecified atom stereocenters. The van der Waals surface area contributed by atoms with Crippen LogP contribution in [0.3, 0.4) is 0 Å². The van der Waals surface area contributed by atoms with E-state index in [0.717, 1.165) is 24.0 Å². The minimum Gasteiger partial charge on any atom is -0.207 e. The van der Waals surface area contributed by atoms with Crippen molar-refractivity contribution in [3.8, 4) is 0 Å². The highest BCUT2D eigenvalue weighted by atomic mass is 32.2. The minimum absolute atomic E-state index is 0.348. The smallest absolute Gasteiger partial charge is 0.207 e. The lowest BCUT2D eigenvalue weighted by Crippen LogP contribution is -2.33. The van der Waals surface area contributed by atoms with Crippen LogP contribution in [-0.2, 0) is 10.0 Å². The van der Waals surface area contributed by atoms with E-state index in [4.69, 9.17) is 0 Å². The average Bonchev–Trinajstić information content (AvgIpc) is 3.28. The molecule has 0 radical (unpaired) electrons. The molecule has 1 aliphatic carbocycles. The lowest BCUT2D eigenvalue weighted by atomic mass is 10.2. The summed E-state index contributed by atoms with van der Waals surface area (Å²) in [5.74, 6) is 0.506. The first-order chi connectivity index (χ1) is 9.95. The van der Waals surface area contributed by atoms with Gasteiger partial charge in [-0.2, -0.15) is 4.31 Å². The Morgan fingerprint density at radius 1 is 1.33 bits per heavy atom. The van der Waals surface area contributed by atoms with Crippen LogP contribution < -0.4 is 0 Å². The SMILES string of the molecule is C=C(CN(C/C=C/C)S(=O)(=O)c1ccc(C)cc1)C1CC1. The summed E-state index contributed by atoms with van der Waals surface area (Å²) in [6, 6.07) is 7.01. The normalized spacial score (nSPS) is 15.8. The summed E-state index contributed by atoms with van der Waals surface area (Å²) >= 11 is 0. The Hall–Kier alpha value is -1.39. The standard InChI is InChI=1S/C17H23NO2S/c1-4-5-12-18(13-15(3)16-8-9-16)21(19,20)17-10-6-14(2)7-11-17/h4-7,10-11,16H,3,8-9,12-13H2,1-2H3/b5-4+. The topological polar surface area (TPSA) is 37.4 Å². The van der Waals surface area contributed by atoms with Crippen LogP contribution in [-0.4, -0.2) is 25.8 Å². The highest BCUT2D eigenvalue weighted by molar-refractivity contribution is 7.89. The van der Waals surface area contributed by atoms with Crippen LogP contribution in [0.4, 0.5) is 0 Å². The molecule has 1 aliphatic rings. The first kappa shape index (κ1) is 16.0. The van der Waals surface area contributed by atoms with Crippen LogP contribution >= 0.6 is 0 Å². The lowest BCUT2D eigenvalue weighted by molar-refractivity contribution is 0.461. The van der Waals surface area contributed by atoms with Gasteiger partial charge >= 0.3 is 0 Å². The average molecular weight is 305 g/mol. The molecule has 3 nitrogen and oxygen atoms in total. The highest BCUT2D eigenvalue weighted by Gasteiger charge is 2.30. The quantitative estimate of drug-likeness (QED) is 0.723. The summed E-state index contributed by atoms with van der Waals surface area (Å²) in [5.41, 5.74) is 2.08. The molecular weight excluding hydrogens is 282 g/mol. The van der Waals surface area contributed by atoms with Crippen LogP contribution in [0, 0.1) is 12.8 Å². The third-order valence-corrected chi connectivity index (χ3v) is 5.56. The van der Waals surface area contributed by atoms with Crippen LogP contribution in [0.1, 0.15) is 25.3 Å². The van der Waals surface area contributed by atoms with Gasteiger partial charge in [0.2, 0.25) is 10.0 Å². The first-order valence-electron chi connectivity index (χ1n) is 7.31. The van der Waals surface area contributed by atoms with Gasteiger partial charge in [-0.05, 0) is 44.7 Å². The second-order valence-electron chi connectivity index (χ2n) is 5.61. The number of allylic oxidation sites excluding steroid dienone is 1. The van der Waals surface area contributed by atoms with E-state index in [-0.39, 0.29) is 0 Å². The van der Waals surface area contributed by atoms with E-state index in [1.807, 2.05) is 38.1 Å². The van der Waals surface area contributed by atoms with Gasteiger partial charge in [-0.3, -0.25) is 0 Å². The monoisotopic (exact) mass is 305 g/mol. The Balaban J connectivity index is 2.24. The second kappa shape index (κ2) is 6.58. The van der Waals surface area contributed by atoms with Crippen molar-refractivity contribution in [1.82, 2.24) is 4.31 Å². The minimum atomic E-state index is -3.47. The number of benzene rings is 1. The van der Waals surface area contributed by atoms with Crippen molar-refractivity contribution < 1.29 is 8.42 Å². The molecule has 21 heavy (non-hydrogen) atoms. The number of rotatable bonds is 7. The predicted octanol–water partition coefficient (Wildman–Crippen LogP) is 3.53. The van der Waals surface area contributed by atoms with Crippen molar-refractivity contribution in [3.63, 3.8) is 0 Å². The fourth-order valence-electron chi connectivity index (χ4n) is 2.18. The summed E-state index contributed by atoms with van der Waals surface area (Å²) in [4.78, 5) is 0.348. The van der Waals surface area contributed by atoms with E-state index in [1.54, 1.807) is 12.1 Å². The van der Waals surface area contributed by atoms with Gasteiger partial charge in [0.25, 0.3) is 0 Å². The van der Waals surface area contributed by atoms with E-state index in [2.05, 4.69) is 6.58 Å². The van der Waals surface area contributed by atoms with Gasteiger partial charge in [0, 0.05) is 13.1 Å². The largest absolute Gasteiger partial charge is 0.243 e. The molecule has 1 saturated carbocycles. The Morgan fingerprint density at radius 2 is 1.95 bits per heavy atom. The van der Waals surface area contributed by atoms with Crippen LogP contribution in [0.5, 0.6) is 0 Å². The molecule has 0 atom stereocenters. The summed E-state index contributed by atoms with van der Waals surface area (Å²) in [6.07, 6.45) is 6.02. The molecule has 0 N–H and O–H groups in total. The Morgan fingerprint density at radius 3 is 2.48 bits per heavy atom. The summed E-state index contributed by atoms with van der Waals surface area (Å²) in [5, 5.41) is 0. The van der Waals surface area contributed by atoms with Crippen molar-refractivity contribution in [3.05, 3.63) is 54.1 Å². The zero-order valence-corrected chi connectivity index (χ0v) is 13.6. The Bertz CT molecular complexity index is 625. The van der Waals surface area contributed by atoms with E-state index in [1.165, 1.54) is 4.31 Å². The molecule has 114 valence electrons. The Labute approximate surface area is 128 Å². The molecule has 4 heteroatoms. The number of sulfonamides is 1. The zero-order valence-electron chi connectivity index (χ0n) is 12.7. The number of aryl methyl sites for hydroxylation is 1. The van der Waals surface area contributed by atoms with E-state index >= 15 is 0 Å². The Kier molecular flexibility index (Phi) is 5.01. The maximum Gasteiger partial charge on any atom is 0.243 e. The molecule has 0 saturated heterocycles. The molecule has 1 aromatic rings. The molecule has 0 bridgehead atoms. The fourth-order valence-corrected chi connectivity index (χ4v) is 3.57. The third-order valence-electron chi connectivity index (χ3n) is 3.74.